The van der Waals surface area contributed by atoms with Crippen molar-refractivity contribution in [1.29, 1.82) is 0 Å². The second-order valence-electron chi connectivity index (χ2n) is 3.71. The molecule has 0 radical (unpaired) electrons. The fraction of sp³-hybridized carbons (Fsp3) is 0.417. The average molecular weight is 237 g/mol. The summed E-state index contributed by atoms with van der Waals surface area (Å²) in [5, 5.41) is 0. The van der Waals surface area contributed by atoms with Crippen LogP contribution in [0.3, 0.4) is 0 Å². The predicted molar refractivity (Wildman–Crippen MR) is 60.7 cm³/mol. The highest BCUT2D eigenvalue weighted by atomic mass is 16.7. The van der Waals surface area contributed by atoms with Gasteiger partial charge in [0.2, 0.25) is 6.10 Å². The summed E-state index contributed by atoms with van der Waals surface area (Å²) in [6.07, 6.45) is -1.05. The molecular weight excluding hydrogens is 222 g/mol. The molecule has 17 heavy (non-hydrogen) atoms. The summed E-state index contributed by atoms with van der Waals surface area (Å²) in [4.78, 5) is 16.6. The van der Waals surface area contributed by atoms with Crippen LogP contribution in [0.5, 0.6) is 11.5 Å². The Balaban J connectivity index is 2.09. The number of para-hydroxylation sites is 2. The van der Waals surface area contributed by atoms with E-state index in [9.17, 15) is 4.79 Å². The molecule has 1 heterocycles. The molecule has 0 saturated carbocycles. The zero-order valence-corrected chi connectivity index (χ0v) is 9.80. The van der Waals surface area contributed by atoms with Gasteiger partial charge < -0.3 is 9.47 Å². The van der Waals surface area contributed by atoms with Crippen LogP contribution in [0, 0.1) is 0 Å². The molecule has 1 aliphatic heterocycles. The van der Waals surface area contributed by atoms with Gasteiger partial charge in [0.25, 0.3) is 5.91 Å². The molecule has 0 aromatic heterocycles. The summed E-state index contributed by atoms with van der Waals surface area (Å²) < 4.78 is 11.2. The SMILES string of the molecule is CCONC(=O)[C@@H]1Oc2ccccc2O[C@@H]1C. The quantitative estimate of drug-likeness (QED) is 0.805. The molecule has 0 bridgehead atoms. The second kappa shape index (κ2) is 5.05. The van der Waals surface area contributed by atoms with E-state index < -0.39 is 6.10 Å². The number of carbonyl (C=O) groups is 1. The fourth-order valence-corrected chi connectivity index (χ4v) is 1.61. The maximum absolute atomic E-state index is 11.7. The van der Waals surface area contributed by atoms with Crippen molar-refractivity contribution in [3.63, 3.8) is 0 Å². The standard InChI is InChI=1S/C12H15NO4/c1-3-15-13-12(14)11-8(2)16-9-6-4-5-7-10(9)17-11/h4-8,11H,3H2,1-2H3,(H,13,14)/t8-,11-/m1/s1. The van der Waals surface area contributed by atoms with Crippen LogP contribution < -0.4 is 15.0 Å². The monoisotopic (exact) mass is 237 g/mol. The van der Waals surface area contributed by atoms with Gasteiger partial charge in [0.1, 0.15) is 6.10 Å². The Bertz CT molecular complexity index is 407. The Morgan fingerprint density at radius 3 is 2.65 bits per heavy atom. The molecule has 0 aliphatic carbocycles. The molecular formula is C12H15NO4. The number of fused-ring (bicyclic) bond motifs is 1. The lowest BCUT2D eigenvalue weighted by Gasteiger charge is -2.30. The van der Waals surface area contributed by atoms with Gasteiger partial charge in [-0.1, -0.05) is 12.1 Å². The molecule has 1 amide bonds. The first-order valence-electron chi connectivity index (χ1n) is 5.56. The van der Waals surface area contributed by atoms with Crippen LogP contribution in [0.25, 0.3) is 0 Å². The summed E-state index contributed by atoms with van der Waals surface area (Å²) in [5.41, 5.74) is 2.32. The lowest BCUT2D eigenvalue weighted by molar-refractivity contribution is -0.145. The highest BCUT2D eigenvalue weighted by Crippen LogP contribution is 2.33. The number of hydrogen-bond donors (Lipinski definition) is 1. The number of benzene rings is 1. The van der Waals surface area contributed by atoms with Crippen molar-refractivity contribution in [2.75, 3.05) is 6.61 Å². The van der Waals surface area contributed by atoms with E-state index >= 15 is 0 Å². The molecule has 0 unspecified atom stereocenters. The third-order valence-electron chi connectivity index (χ3n) is 2.42. The molecule has 0 fully saturated rings. The van der Waals surface area contributed by atoms with E-state index in [1.807, 2.05) is 18.2 Å². The predicted octanol–water partition coefficient (Wildman–Crippen LogP) is 1.28. The van der Waals surface area contributed by atoms with Gasteiger partial charge in [0.05, 0.1) is 6.61 Å². The largest absolute Gasteiger partial charge is 0.482 e. The number of hydroxylamine groups is 1. The van der Waals surface area contributed by atoms with Gasteiger partial charge in [-0.15, -0.1) is 0 Å². The first kappa shape index (κ1) is 11.7. The van der Waals surface area contributed by atoms with E-state index in [2.05, 4.69) is 5.48 Å². The maximum Gasteiger partial charge on any atom is 0.288 e. The normalized spacial score (nSPS) is 22.0. The lowest BCUT2D eigenvalue weighted by Crippen LogP contribution is -2.48. The van der Waals surface area contributed by atoms with E-state index in [1.54, 1.807) is 19.9 Å². The van der Waals surface area contributed by atoms with E-state index in [0.29, 0.717) is 18.1 Å². The summed E-state index contributed by atoms with van der Waals surface area (Å²) >= 11 is 0. The number of amides is 1. The number of nitrogens with one attached hydrogen (secondary N) is 1. The van der Waals surface area contributed by atoms with Gasteiger partial charge in [-0.25, -0.2) is 5.48 Å². The number of carbonyl (C=O) groups excluding carboxylic acids is 1. The van der Waals surface area contributed by atoms with E-state index in [-0.39, 0.29) is 12.0 Å². The summed E-state index contributed by atoms with van der Waals surface area (Å²) in [6, 6.07) is 7.26. The molecule has 0 saturated heterocycles. The van der Waals surface area contributed by atoms with E-state index in [4.69, 9.17) is 14.3 Å². The van der Waals surface area contributed by atoms with Crippen LogP contribution in [-0.2, 0) is 9.63 Å². The minimum atomic E-state index is -0.698. The smallest absolute Gasteiger partial charge is 0.288 e. The topological polar surface area (TPSA) is 56.8 Å². The molecule has 2 rings (SSSR count). The molecule has 5 nitrogen and oxygen atoms in total. The second-order valence-corrected chi connectivity index (χ2v) is 3.71. The van der Waals surface area contributed by atoms with Gasteiger partial charge in [0, 0.05) is 0 Å². The highest BCUT2D eigenvalue weighted by Gasteiger charge is 2.34. The average Bonchev–Trinajstić information content (AvgIpc) is 2.35. The number of rotatable bonds is 3. The van der Waals surface area contributed by atoms with E-state index in [0.717, 1.165) is 0 Å². The van der Waals surface area contributed by atoms with Crippen LogP contribution in [0.1, 0.15) is 13.8 Å². The first-order chi connectivity index (χ1) is 8.22. The van der Waals surface area contributed by atoms with Crippen molar-refractivity contribution >= 4 is 5.91 Å². The Kier molecular flexibility index (Phi) is 3.49. The van der Waals surface area contributed by atoms with Crippen LogP contribution in [0.15, 0.2) is 24.3 Å². The summed E-state index contributed by atoms with van der Waals surface area (Å²) in [5.74, 6) is 0.886. The van der Waals surface area contributed by atoms with Crippen LogP contribution in [0.4, 0.5) is 0 Å². The van der Waals surface area contributed by atoms with Gasteiger partial charge in [-0.3, -0.25) is 9.63 Å². The molecule has 2 atom stereocenters. The van der Waals surface area contributed by atoms with E-state index in [1.165, 1.54) is 0 Å². The minimum Gasteiger partial charge on any atom is -0.482 e. The molecule has 0 spiro atoms. The summed E-state index contributed by atoms with van der Waals surface area (Å²) in [6.45, 7) is 3.98. The van der Waals surface area contributed by atoms with Crippen LogP contribution in [0.2, 0.25) is 0 Å². The molecule has 5 heteroatoms. The Morgan fingerprint density at radius 2 is 2.00 bits per heavy atom. The summed E-state index contributed by atoms with van der Waals surface area (Å²) in [7, 11) is 0. The number of hydrogen-bond acceptors (Lipinski definition) is 4. The van der Waals surface area contributed by atoms with Crippen molar-refractivity contribution in [3.8, 4) is 11.5 Å². The third kappa shape index (κ3) is 2.50. The fourth-order valence-electron chi connectivity index (χ4n) is 1.61. The van der Waals surface area contributed by atoms with Crippen molar-refractivity contribution in [2.45, 2.75) is 26.1 Å². The highest BCUT2D eigenvalue weighted by molar-refractivity contribution is 5.81. The zero-order chi connectivity index (χ0) is 12.3. The molecule has 1 aromatic carbocycles. The van der Waals surface area contributed by atoms with Crippen molar-refractivity contribution in [2.24, 2.45) is 0 Å². The zero-order valence-electron chi connectivity index (χ0n) is 9.80. The Hall–Kier alpha value is -1.75. The lowest BCUT2D eigenvalue weighted by atomic mass is 10.1. The van der Waals surface area contributed by atoms with Crippen molar-refractivity contribution in [3.05, 3.63) is 24.3 Å². The molecule has 1 aromatic rings. The number of ether oxygens (including phenoxy) is 2. The van der Waals surface area contributed by atoms with Crippen molar-refractivity contribution in [1.82, 2.24) is 5.48 Å². The van der Waals surface area contributed by atoms with Crippen LogP contribution >= 0.6 is 0 Å². The molecule has 1 N–H and O–H groups in total. The van der Waals surface area contributed by atoms with Gasteiger partial charge >= 0.3 is 0 Å². The van der Waals surface area contributed by atoms with Gasteiger partial charge in [-0.05, 0) is 26.0 Å². The molecule has 1 aliphatic rings. The first-order valence-corrected chi connectivity index (χ1v) is 5.56. The Morgan fingerprint density at radius 1 is 1.35 bits per heavy atom. The maximum atomic E-state index is 11.7. The third-order valence-corrected chi connectivity index (χ3v) is 2.42. The minimum absolute atomic E-state index is 0.339. The van der Waals surface area contributed by atoms with Gasteiger partial charge in [0.15, 0.2) is 11.5 Å². The van der Waals surface area contributed by atoms with Crippen LogP contribution in [-0.4, -0.2) is 24.7 Å². The Labute approximate surface area is 99.6 Å². The molecule has 92 valence electrons. The van der Waals surface area contributed by atoms with Gasteiger partial charge in [-0.2, -0.15) is 0 Å². The van der Waals surface area contributed by atoms with Crippen molar-refractivity contribution < 1.29 is 19.1 Å².